The van der Waals surface area contributed by atoms with Crippen molar-refractivity contribution in [1.29, 1.82) is 0 Å². The summed E-state index contributed by atoms with van der Waals surface area (Å²) in [5.74, 6) is 0.336. The Bertz CT molecular complexity index is 25.4. The third-order valence-corrected chi connectivity index (χ3v) is 0.612. The van der Waals surface area contributed by atoms with Gasteiger partial charge in [-0.3, -0.25) is 0 Å². The van der Waals surface area contributed by atoms with Crippen LogP contribution in [0.3, 0.4) is 0 Å². The smallest absolute Gasteiger partial charge is 0 e. The van der Waals surface area contributed by atoms with Gasteiger partial charge >= 0.3 is 0 Å². The van der Waals surface area contributed by atoms with Crippen LogP contribution in [-0.4, -0.2) is 0 Å². The minimum atomic E-state index is 0. The van der Waals surface area contributed by atoms with Crippen LogP contribution < -0.4 is 0 Å². The monoisotopic (exact) mass is 134 g/mol. The van der Waals surface area contributed by atoms with Gasteiger partial charge in [0.25, 0.3) is 0 Å². The van der Waals surface area contributed by atoms with Crippen LogP contribution in [0.15, 0.2) is 0 Å². The molecule has 0 amide bonds. The summed E-state index contributed by atoms with van der Waals surface area (Å²) in [6, 6.07) is 0. The maximum absolute atomic E-state index is 3.68. The molecular weight excluding hydrogens is 123 g/mol. The average molecular weight is 134 g/mol. The van der Waals surface area contributed by atoms with E-state index >= 15 is 0 Å². The van der Waals surface area contributed by atoms with Crippen molar-refractivity contribution in [2.45, 2.75) is 12.8 Å². The standard InChI is InChI=1S/C6H11.V/c1-4-5-6(2)3;/h6H,1-5H2;/q-3;. The van der Waals surface area contributed by atoms with Gasteiger partial charge in [-0.1, -0.05) is 0 Å². The van der Waals surface area contributed by atoms with Gasteiger partial charge in [-0.25, -0.2) is 0 Å². The van der Waals surface area contributed by atoms with Crippen molar-refractivity contribution in [2.75, 3.05) is 0 Å². The maximum Gasteiger partial charge on any atom is 0 e. The van der Waals surface area contributed by atoms with E-state index in [0.717, 1.165) is 12.8 Å². The van der Waals surface area contributed by atoms with E-state index in [1.54, 1.807) is 0 Å². The Kier molecular flexibility index (Phi) is 9.92. The van der Waals surface area contributed by atoms with Gasteiger partial charge in [0, 0.05) is 18.6 Å². The van der Waals surface area contributed by atoms with E-state index in [1.165, 1.54) is 0 Å². The van der Waals surface area contributed by atoms with Crippen molar-refractivity contribution in [3.05, 3.63) is 20.8 Å². The normalized spacial score (nSPS) is 8.57. The fourth-order valence-electron chi connectivity index (χ4n) is 0.289. The topological polar surface area (TPSA) is 0 Å². The first-order chi connectivity index (χ1) is 2.77. The summed E-state index contributed by atoms with van der Waals surface area (Å²) in [6.07, 6.45) is 2.00. The van der Waals surface area contributed by atoms with Gasteiger partial charge in [0.1, 0.15) is 0 Å². The molecule has 0 unspecified atom stereocenters. The number of hydrogen-bond donors (Lipinski definition) is 0. The molecule has 0 aliphatic rings. The van der Waals surface area contributed by atoms with E-state index in [4.69, 9.17) is 0 Å². The Hall–Kier alpha value is 0.584. The Labute approximate surface area is 58.6 Å². The van der Waals surface area contributed by atoms with Crippen molar-refractivity contribution in [3.63, 3.8) is 0 Å². The second kappa shape index (κ2) is 6.58. The molecule has 0 aromatic carbocycles. The zero-order valence-electron chi connectivity index (χ0n) is 4.56. The van der Waals surface area contributed by atoms with Crippen LogP contribution in [-0.2, 0) is 18.6 Å². The molecule has 1 radical (unpaired) electrons. The van der Waals surface area contributed by atoms with Gasteiger partial charge < -0.3 is 26.7 Å². The van der Waals surface area contributed by atoms with Gasteiger partial charge in [0.2, 0.25) is 0 Å². The van der Waals surface area contributed by atoms with Crippen molar-refractivity contribution < 1.29 is 18.6 Å². The van der Waals surface area contributed by atoms with Crippen molar-refractivity contribution in [1.82, 2.24) is 0 Å². The van der Waals surface area contributed by atoms with E-state index < -0.39 is 0 Å². The number of hydrogen-bond acceptors (Lipinski definition) is 0. The Balaban J connectivity index is 0. The van der Waals surface area contributed by atoms with E-state index in [-0.39, 0.29) is 18.6 Å². The largest absolute Gasteiger partial charge is 0.370 e. The second-order valence-electron chi connectivity index (χ2n) is 1.51. The Morgan fingerprint density at radius 3 is 1.71 bits per heavy atom. The molecule has 0 atom stereocenters. The van der Waals surface area contributed by atoms with Gasteiger partial charge in [-0.05, 0) is 0 Å². The SMILES string of the molecule is [CH2-]CCC([CH2-])[CH2-].[V]. The van der Waals surface area contributed by atoms with Crippen molar-refractivity contribution in [2.24, 2.45) is 5.92 Å². The summed E-state index contributed by atoms with van der Waals surface area (Å²) in [7, 11) is 0. The molecule has 0 saturated carbocycles. The molecule has 7 heavy (non-hydrogen) atoms. The Morgan fingerprint density at radius 2 is 1.71 bits per heavy atom. The van der Waals surface area contributed by atoms with Crippen LogP contribution in [0, 0.1) is 26.7 Å². The summed E-state index contributed by atoms with van der Waals surface area (Å²) < 4.78 is 0. The van der Waals surface area contributed by atoms with E-state index in [1.807, 2.05) is 0 Å². The first-order valence-electron chi connectivity index (χ1n) is 2.22. The van der Waals surface area contributed by atoms with Crippen LogP contribution in [0.1, 0.15) is 12.8 Å². The molecule has 0 rings (SSSR count). The molecule has 1 heteroatoms. The molecule has 0 spiro atoms. The molecule has 43 valence electrons. The molecule has 0 fully saturated rings. The zero-order chi connectivity index (χ0) is 4.99. The summed E-state index contributed by atoms with van der Waals surface area (Å²) in [5.41, 5.74) is 0. The molecule has 0 aromatic rings. The van der Waals surface area contributed by atoms with Gasteiger partial charge in [0.15, 0.2) is 0 Å². The van der Waals surface area contributed by atoms with E-state index in [2.05, 4.69) is 20.8 Å². The second-order valence-corrected chi connectivity index (χ2v) is 1.51. The first kappa shape index (κ1) is 10.5. The molecule has 0 saturated heterocycles. The predicted octanol–water partition coefficient (Wildman–Crippen LogP) is 1.88. The predicted molar refractivity (Wildman–Crippen MR) is 28.8 cm³/mol. The average Bonchev–Trinajstić information content (AvgIpc) is 1.35. The third-order valence-electron chi connectivity index (χ3n) is 0.612. The molecule has 0 aromatic heterocycles. The zero-order valence-corrected chi connectivity index (χ0v) is 5.96. The first-order valence-corrected chi connectivity index (χ1v) is 2.22. The van der Waals surface area contributed by atoms with Crippen LogP contribution in [0.4, 0.5) is 0 Å². The van der Waals surface area contributed by atoms with Crippen LogP contribution in [0.2, 0.25) is 0 Å². The molecule has 0 bridgehead atoms. The fraction of sp³-hybridized carbons (Fsp3) is 0.500. The Morgan fingerprint density at radius 1 is 1.29 bits per heavy atom. The summed E-state index contributed by atoms with van der Waals surface area (Å²) in [6.45, 7) is 11.0. The molecule has 0 heterocycles. The van der Waals surface area contributed by atoms with Crippen molar-refractivity contribution >= 4 is 0 Å². The van der Waals surface area contributed by atoms with Crippen molar-refractivity contribution in [3.8, 4) is 0 Å². The molecule has 0 nitrogen and oxygen atoms in total. The van der Waals surface area contributed by atoms with Crippen LogP contribution >= 0.6 is 0 Å². The van der Waals surface area contributed by atoms with Crippen LogP contribution in [0.25, 0.3) is 0 Å². The summed E-state index contributed by atoms with van der Waals surface area (Å²) in [5, 5.41) is 0. The summed E-state index contributed by atoms with van der Waals surface area (Å²) >= 11 is 0. The number of rotatable bonds is 2. The minimum Gasteiger partial charge on any atom is -0.370 e. The maximum atomic E-state index is 3.68. The fourth-order valence-corrected chi connectivity index (χ4v) is 0.289. The van der Waals surface area contributed by atoms with Gasteiger partial charge in [-0.2, -0.15) is 6.42 Å². The summed E-state index contributed by atoms with van der Waals surface area (Å²) in [4.78, 5) is 0. The van der Waals surface area contributed by atoms with Gasteiger partial charge in [0.05, 0.1) is 0 Å². The van der Waals surface area contributed by atoms with E-state index in [0.29, 0.717) is 5.92 Å². The quantitative estimate of drug-likeness (QED) is 0.506. The molecular formula is C6H11V-3. The van der Waals surface area contributed by atoms with Gasteiger partial charge in [-0.15, -0.1) is 6.42 Å². The minimum absolute atomic E-state index is 0. The third kappa shape index (κ3) is 10.8. The molecule has 0 aliphatic heterocycles. The molecule has 0 N–H and O–H groups in total. The molecule has 0 aliphatic carbocycles. The van der Waals surface area contributed by atoms with E-state index in [9.17, 15) is 0 Å². The van der Waals surface area contributed by atoms with Crippen LogP contribution in [0.5, 0.6) is 0 Å².